The Kier molecular flexibility index (Phi) is 1.44. The highest BCUT2D eigenvalue weighted by molar-refractivity contribution is 5.94. The first kappa shape index (κ1) is 7.59. The van der Waals surface area contributed by atoms with Gasteiger partial charge in [-0.3, -0.25) is 19.6 Å². The van der Waals surface area contributed by atoms with Crippen molar-refractivity contribution in [1.82, 2.24) is 9.99 Å². The molecule has 0 unspecified atom stereocenters. The third kappa shape index (κ3) is 1.10. The molecule has 1 aliphatic rings. The van der Waals surface area contributed by atoms with Gasteiger partial charge in [-0.2, -0.15) is 0 Å². The van der Waals surface area contributed by atoms with Gasteiger partial charge < -0.3 is 10.7 Å². The maximum absolute atomic E-state index is 11.1. The maximum Gasteiger partial charge on any atom is 0.289 e. The Hall–Kier alpha value is -2.05. The van der Waals surface area contributed by atoms with Gasteiger partial charge in [0.25, 0.3) is 11.6 Å². The van der Waals surface area contributed by atoms with E-state index in [0.717, 1.165) is 0 Å². The van der Waals surface area contributed by atoms with Gasteiger partial charge in [-0.15, -0.1) is 0 Å². The fraction of sp³-hybridized carbons (Fsp3) is 0.167. The maximum atomic E-state index is 11.1. The second-order valence-electron chi connectivity index (χ2n) is 2.55. The first-order chi connectivity index (χ1) is 6.18. The summed E-state index contributed by atoms with van der Waals surface area (Å²) < 4.78 is 1.34. The summed E-state index contributed by atoms with van der Waals surface area (Å²) in [5.74, 6) is -0.313. The number of carbonyl (C=O) groups excluding carboxylic acids is 1. The van der Waals surface area contributed by atoms with Crippen molar-refractivity contribution in [3.8, 4) is 0 Å². The number of carbonyl (C=O) groups is 1. The van der Waals surface area contributed by atoms with Gasteiger partial charge in [0.2, 0.25) is 0 Å². The summed E-state index contributed by atoms with van der Waals surface area (Å²) in [4.78, 5) is 20.9. The molecule has 1 amide bonds. The number of nitro groups is 1. The zero-order valence-corrected chi connectivity index (χ0v) is 6.48. The average molecular weight is 182 g/mol. The largest absolute Gasteiger partial charge is 0.332 e. The van der Waals surface area contributed by atoms with Crippen LogP contribution < -0.4 is 10.7 Å². The molecule has 7 nitrogen and oxygen atoms in total. The van der Waals surface area contributed by atoms with Crippen molar-refractivity contribution in [2.45, 2.75) is 0 Å². The topological polar surface area (TPSA) is 89.2 Å². The minimum absolute atomic E-state index is 0.0976. The zero-order chi connectivity index (χ0) is 9.42. The number of nitrogens with one attached hydrogen (secondary N) is 2. The van der Waals surface area contributed by atoms with Gasteiger partial charge in [0.05, 0.1) is 4.92 Å². The second kappa shape index (κ2) is 2.47. The number of amides is 1. The molecular formula is C6H6N4O3. The molecule has 13 heavy (non-hydrogen) atoms. The number of nitrogens with zero attached hydrogens (tertiary/aromatic N) is 2. The molecule has 0 bridgehead atoms. The van der Waals surface area contributed by atoms with Gasteiger partial charge in [0, 0.05) is 6.07 Å². The first-order valence-corrected chi connectivity index (χ1v) is 3.57. The standard InChI is InChI=1S/C6H6N4O3/c11-6-5-1-4(10(12)13)2-9(5)8-3-7-6/h1-2,8H,3H2,(H,7,11). The summed E-state index contributed by atoms with van der Waals surface area (Å²) in [5, 5.41) is 12.9. The molecule has 2 heterocycles. The van der Waals surface area contributed by atoms with Crippen LogP contribution >= 0.6 is 0 Å². The van der Waals surface area contributed by atoms with Crippen LogP contribution in [0.2, 0.25) is 0 Å². The highest BCUT2D eigenvalue weighted by Crippen LogP contribution is 2.16. The fourth-order valence-electron chi connectivity index (χ4n) is 1.15. The lowest BCUT2D eigenvalue weighted by Gasteiger charge is -2.16. The highest BCUT2D eigenvalue weighted by atomic mass is 16.6. The third-order valence-electron chi connectivity index (χ3n) is 1.75. The fourth-order valence-corrected chi connectivity index (χ4v) is 1.15. The van der Waals surface area contributed by atoms with Gasteiger partial charge >= 0.3 is 0 Å². The molecule has 0 aliphatic carbocycles. The molecule has 0 saturated carbocycles. The molecule has 1 aromatic rings. The van der Waals surface area contributed by atoms with E-state index < -0.39 is 4.92 Å². The van der Waals surface area contributed by atoms with E-state index in [0.29, 0.717) is 0 Å². The molecule has 0 radical (unpaired) electrons. The molecule has 0 atom stereocenters. The molecule has 2 N–H and O–H groups in total. The monoisotopic (exact) mass is 182 g/mol. The molecule has 2 rings (SSSR count). The number of rotatable bonds is 1. The van der Waals surface area contributed by atoms with Gasteiger partial charge in [-0.05, 0) is 0 Å². The Morgan fingerprint density at radius 1 is 1.62 bits per heavy atom. The lowest BCUT2D eigenvalue weighted by Crippen LogP contribution is -2.40. The van der Waals surface area contributed by atoms with Crippen molar-refractivity contribution in [1.29, 1.82) is 0 Å². The van der Waals surface area contributed by atoms with Crippen LogP contribution in [-0.2, 0) is 0 Å². The van der Waals surface area contributed by atoms with Crippen molar-refractivity contribution in [3.63, 3.8) is 0 Å². The van der Waals surface area contributed by atoms with Crippen molar-refractivity contribution in [2.75, 3.05) is 12.1 Å². The van der Waals surface area contributed by atoms with E-state index in [9.17, 15) is 14.9 Å². The molecule has 1 aliphatic heterocycles. The van der Waals surface area contributed by atoms with E-state index in [2.05, 4.69) is 10.7 Å². The minimum Gasteiger partial charge on any atom is -0.332 e. The van der Waals surface area contributed by atoms with Crippen LogP contribution in [0.25, 0.3) is 0 Å². The number of aromatic nitrogens is 1. The molecule has 0 fully saturated rings. The van der Waals surface area contributed by atoms with Crippen LogP contribution in [0, 0.1) is 10.1 Å². The van der Waals surface area contributed by atoms with Crippen molar-refractivity contribution in [2.24, 2.45) is 0 Å². The first-order valence-electron chi connectivity index (χ1n) is 3.57. The summed E-state index contributed by atoms with van der Waals surface area (Å²) in [6.45, 7) is 0.275. The summed E-state index contributed by atoms with van der Waals surface area (Å²) in [5.41, 5.74) is 2.90. The van der Waals surface area contributed by atoms with Gasteiger partial charge in [0.1, 0.15) is 18.6 Å². The van der Waals surface area contributed by atoms with E-state index in [-0.39, 0.29) is 24.0 Å². The molecule has 0 spiro atoms. The van der Waals surface area contributed by atoms with Crippen molar-refractivity contribution >= 4 is 11.6 Å². The van der Waals surface area contributed by atoms with Crippen LogP contribution in [0.15, 0.2) is 12.3 Å². The Balaban J connectivity index is 2.48. The van der Waals surface area contributed by atoms with Gasteiger partial charge in [0.15, 0.2) is 0 Å². The minimum atomic E-state index is -0.541. The predicted molar refractivity (Wildman–Crippen MR) is 42.8 cm³/mol. The summed E-state index contributed by atoms with van der Waals surface area (Å²) in [7, 11) is 0. The van der Waals surface area contributed by atoms with Crippen LogP contribution in [-0.4, -0.2) is 22.2 Å². The molecule has 0 saturated heterocycles. The SMILES string of the molecule is O=C1NCNn2cc([N+](=O)[O-])cc21. The Bertz CT molecular complexity index is 383. The smallest absolute Gasteiger partial charge is 0.289 e. The van der Waals surface area contributed by atoms with E-state index in [1.54, 1.807) is 0 Å². The summed E-state index contributed by atoms with van der Waals surface area (Å²) in [6.07, 6.45) is 1.27. The van der Waals surface area contributed by atoms with Gasteiger partial charge in [-0.1, -0.05) is 0 Å². The van der Waals surface area contributed by atoms with Gasteiger partial charge in [-0.25, -0.2) is 0 Å². The van der Waals surface area contributed by atoms with E-state index >= 15 is 0 Å². The van der Waals surface area contributed by atoms with Crippen molar-refractivity contribution < 1.29 is 9.72 Å². The predicted octanol–water partition coefficient (Wildman–Crippen LogP) is -0.359. The Labute approximate surface area is 72.5 Å². The molecular weight excluding hydrogens is 176 g/mol. The average Bonchev–Trinajstić information content (AvgIpc) is 2.49. The van der Waals surface area contributed by atoms with Crippen LogP contribution in [0.4, 0.5) is 5.69 Å². The second-order valence-corrected chi connectivity index (χ2v) is 2.55. The van der Waals surface area contributed by atoms with Crippen LogP contribution in [0.1, 0.15) is 10.5 Å². The third-order valence-corrected chi connectivity index (χ3v) is 1.75. The van der Waals surface area contributed by atoms with E-state index in [1.165, 1.54) is 16.9 Å². The molecule has 0 aromatic carbocycles. The summed E-state index contributed by atoms with van der Waals surface area (Å²) in [6, 6.07) is 1.22. The number of fused-ring (bicyclic) bond motifs is 1. The quantitative estimate of drug-likeness (QED) is 0.458. The normalized spacial score (nSPS) is 14.3. The van der Waals surface area contributed by atoms with Crippen LogP contribution in [0.5, 0.6) is 0 Å². The van der Waals surface area contributed by atoms with Crippen LogP contribution in [0.3, 0.4) is 0 Å². The molecule has 1 aromatic heterocycles. The number of hydrogen-bond donors (Lipinski definition) is 2. The van der Waals surface area contributed by atoms with E-state index in [1.807, 2.05) is 0 Å². The van der Waals surface area contributed by atoms with E-state index in [4.69, 9.17) is 0 Å². The lowest BCUT2D eigenvalue weighted by molar-refractivity contribution is -0.384. The lowest BCUT2D eigenvalue weighted by atomic mass is 10.4. The molecule has 68 valence electrons. The Morgan fingerprint density at radius 2 is 2.38 bits per heavy atom. The highest BCUT2D eigenvalue weighted by Gasteiger charge is 2.21. The van der Waals surface area contributed by atoms with Crippen molar-refractivity contribution in [3.05, 3.63) is 28.1 Å². The number of hydrogen-bond acceptors (Lipinski definition) is 4. The molecule has 7 heteroatoms. The zero-order valence-electron chi connectivity index (χ0n) is 6.48. The Morgan fingerprint density at radius 3 is 3.00 bits per heavy atom. The summed E-state index contributed by atoms with van der Waals surface area (Å²) >= 11 is 0.